The highest BCUT2D eigenvalue weighted by Crippen LogP contribution is 2.26. The summed E-state index contributed by atoms with van der Waals surface area (Å²) >= 11 is 0. The number of hydrogen-bond donors (Lipinski definition) is 1. The Balaban J connectivity index is 2.07. The van der Waals surface area contributed by atoms with Crippen LogP contribution < -0.4 is 10.2 Å². The number of nitrogens with one attached hydrogen (secondary N) is 1. The summed E-state index contributed by atoms with van der Waals surface area (Å²) in [6.45, 7) is 2.15. The normalized spacial score (nSPS) is 18.4. The van der Waals surface area contributed by atoms with Gasteiger partial charge in [0, 0.05) is 20.0 Å². The van der Waals surface area contributed by atoms with Gasteiger partial charge in [-0.3, -0.25) is 0 Å². The van der Waals surface area contributed by atoms with Crippen LogP contribution in [0.25, 0.3) is 0 Å². The van der Waals surface area contributed by atoms with E-state index in [9.17, 15) is 0 Å². The molecular formula is C10H17N3O. The van der Waals surface area contributed by atoms with Gasteiger partial charge in [-0.1, -0.05) is 0 Å². The standard InChI is InChI=1S/C10H17N3O/c1-13(2)9-7-12-10(14-9)8-3-5-11-6-4-8/h7-8,11H,3-6H2,1-2H3. The minimum atomic E-state index is 0.505. The van der Waals surface area contributed by atoms with Gasteiger partial charge in [0.25, 0.3) is 0 Å². The van der Waals surface area contributed by atoms with Crippen LogP contribution in [0.1, 0.15) is 24.7 Å². The van der Waals surface area contributed by atoms with Crippen molar-refractivity contribution >= 4 is 5.88 Å². The molecule has 0 saturated carbocycles. The van der Waals surface area contributed by atoms with E-state index in [0.717, 1.165) is 37.7 Å². The number of rotatable bonds is 2. The highest BCUT2D eigenvalue weighted by atomic mass is 16.4. The molecule has 4 nitrogen and oxygen atoms in total. The summed E-state index contributed by atoms with van der Waals surface area (Å²) in [7, 11) is 3.93. The summed E-state index contributed by atoms with van der Waals surface area (Å²) in [5.74, 6) is 2.25. The summed E-state index contributed by atoms with van der Waals surface area (Å²) in [6.07, 6.45) is 4.07. The van der Waals surface area contributed by atoms with E-state index >= 15 is 0 Å². The lowest BCUT2D eigenvalue weighted by atomic mass is 9.98. The average Bonchev–Trinajstić information content (AvgIpc) is 2.68. The van der Waals surface area contributed by atoms with Crippen molar-refractivity contribution in [2.45, 2.75) is 18.8 Å². The highest BCUT2D eigenvalue weighted by Gasteiger charge is 2.20. The molecule has 1 N–H and O–H groups in total. The molecule has 0 aliphatic carbocycles. The van der Waals surface area contributed by atoms with Crippen molar-refractivity contribution in [2.24, 2.45) is 0 Å². The summed E-state index contributed by atoms with van der Waals surface area (Å²) in [5.41, 5.74) is 0. The van der Waals surface area contributed by atoms with Crippen LogP contribution in [0.2, 0.25) is 0 Å². The Labute approximate surface area is 84.3 Å². The van der Waals surface area contributed by atoms with Gasteiger partial charge in [-0.25, -0.2) is 4.98 Å². The van der Waals surface area contributed by atoms with E-state index in [1.54, 1.807) is 6.20 Å². The Morgan fingerprint density at radius 1 is 1.43 bits per heavy atom. The first-order valence-corrected chi connectivity index (χ1v) is 5.11. The van der Waals surface area contributed by atoms with E-state index < -0.39 is 0 Å². The van der Waals surface area contributed by atoms with E-state index in [-0.39, 0.29) is 0 Å². The van der Waals surface area contributed by atoms with Crippen LogP contribution >= 0.6 is 0 Å². The van der Waals surface area contributed by atoms with E-state index in [1.165, 1.54) is 0 Å². The van der Waals surface area contributed by atoms with Crippen LogP contribution in [-0.4, -0.2) is 32.2 Å². The molecule has 1 aromatic rings. The monoisotopic (exact) mass is 195 g/mol. The lowest BCUT2D eigenvalue weighted by Crippen LogP contribution is -2.26. The maximum absolute atomic E-state index is 5.67. The molecular weight excluding hydrogens is 178 g/mol. The molecule has 0 spiro atoms. The van der Waals surface area contributed by atoms with Crippen LogP contribution in [0.15, 0.2) is 10.6 Å². The summed E-state index contributed by atoms with van der Waals surface area (Å²) in [4.78, 5) is 6.27. The molecule has 0 unspecified atom stereocenters. The van der Waals surface area contributed by atoms with Crippen molar-refractivity contribution in [1.29, 1.82) is 0 Å². The fourth-order valence-electron chi connectivity index (χ4n) is 1.74. The van der Waals surface area contributed by atoms with E-state index in [0.29, 0.717) is 5.92 Å². The topological polar surface area (TPSA) is 41.3 Å². The molecule has 2 heterocycles. The summed E-state index contributed by atoms with van der Waals surface area (Å²) in [6, 6.07) is 0. The second-order valence-electron chi connectivity index (χ2n) is 3.96. The molecule has 1 aliphatic rings. The molecule has 0 radical (unpaired) electrons. The first-order chi connectivity index (χ1) is 6.77. The first kappa shape index (κ1) is 9.52. The Bertz CT molecular complexity index is 289. The molecule has 0 aromatic carbocycles. The fraction of sp³-hybridized carbons (Fsp3) is 0.700. The first-order valence-electron chi connectivity index (χ1n) is 5.11. The fourth-order valence-corrected chi connectivity index (χ4v) is 1.74. The molecule has 0 amide bonds. The van der Waals surface area contributed by atoms with Crippen LogP contribution in [0, 0.1) is 0 Å². The van der Waals surface area contributed by atoms with Crippen LogP contribution in [0.3, 0.4) is 0 Å². The van der Waals surface area contributed by atoms with Crippen molar-refractivity contribution in [1.82, 2.24) is 10.3 Å². The maximum atomic E-state index is 5.67. The zero-order valence-electron chi connectivity index (χ0n) is 8.79. The number of nitrogens with zero attached hydrogens (tertiary/aromatic N) is 2. The average molecular weight is 195 g/mol. The minimum Gasteiger partial charge on any atom is -0.425 e. The van der Waals surface area contributed by atoms with Gasteiger partial charge in [-0.05, 0) is 25.9 Å². The Morgan fingerprint density at radius 3 is 2.71 bits per heavy atom. The largest absolute Gasteiger partial charge is 0.425 e. The third-order valence-corrected chi connectivity index (χ3v) is 2.64. The zero-order valence-corrected chi connectivity index (χ0v) is 8.79. The van der Waals surface area contributed by atoms with Crippen molar-refractivity contribution in [3.05, 3.63) is 12.1 Å². The SMILES string of the molecule is CN(C)c1cnc(C2CCNCC2)o1. The smallest absolute Gasteiger partial charge is 0.215 e. The van der Waals surface area contributed by atoms with Crippen LogP contribution in [-0.2, 0) is 0 Å². The molecule has 1 saturated heterocycles. The molecule has 2 rings (SSSR count). The van der Waals surface area contributed by atoms with Gasteiger partial charge in [0.05, 0.1) is 6.20 Å². The second kappa shape index (κ2) is 4.00. The van der Waals surface area contributed by atoms with Crippen LogP contribution in [0.5, 0.6) is 0 Å². The molecule has 78 valence electrons. The van der Waals surface area contributed by atoms with Gasteiger partial charge in [0.2, 0.25) is 5.88 Å². The number of anilines is 1. The van der Waals surface area contributed by atoms with Gasteiger partial charge in [0.15, 0.2) is 5.89 Å². The predicted molar refractivity (Wildman–Crippen MR) is 55.7 cm³/mol. The Morgan fingerprint density at radius 2 is 2.14 bits per heavy atom. The number of hydrogen-bond acceptors (Lipinski definition) is 4. The van der Waals surface area contributed by atoms with Crippen LogP contribution in [0.4, 0.5) is 5.88 Å². The number of oxazole rings is 1. The molecule has 0 atom stereocenters. The third-order valence-electron chi connectivity index (χ3n) is 2.64. The molecule has 1 fully saturated rings. The molecule has 1 aromatic heterocycles. The van der Waals surface area contributed by atoms with Crippen molar-refractivity contribution in [2.75, 3.05) is 32.1 Å². The predicted octanol–water partition coefficient (Wildman–Crippen LogP) is 1.21. The number of piperidine rings is 1. The quantitative estimate of drug-likeness (QED) is 0.770. The third kappa shape index (κ3) is 1.90. The van der Waals surface area contributed by atoms with Gasteiger partial charge >= 0.3 is 0 Å². The zero-order chi connectivity index (χ0) is 9.97. The van der Waals surface area contributed by atoms with E-state index in [4.69, 9.17) is 4.42 Å². The van der Waals surface area contributed by atoms with Gasteiger partial charge in [0.1, 0.15) is 0 Å². The lowest BCUT2D eigenvalue weighted by Gasteiger charge is -2.19. The van der Waals surface area contributed by atoms with Gasteiger partial charge in [-0.15, -0.1) is 0 Å². The second-order valence-corrected chi connectivity index (χ2v) is 3.96. The van der Waals surface area contributed by atoms with E-state index in [1.807, 2.05) is 19.0 Å². The number of aromatic nitrogens is 1. The van der Waals surface area contributed by atoms with E-state index in [2.05, 4.69) is 10.3 Å². The molecule has 4 heteroatoms. The summed E-state index contributed by atoms with van der Waals surface area (Å²) in [5, 5.41) is 3.33. The van der Waals surface area contributed by atoms with Crippen molar-refractivity contribution < 1.29 is 4.42 Å². The Hall–Kier alpha value is -1.03. The highest BCUT2D eigenvalue weighted by molar-refractivity contribution is 5.29. The molecule has 0 bridgehead atoms. The summed E-state index contributed by atoms with van der Waals surface area (Å²) < 4.78 is 5.67. The Kier molecular flexibility index (Phi) is 2.72. The van der Waals surface area contributed by atoms with Crippen molar-refractivity contribution in [3.8, 4) is 0 Å². The molecule has 14 heavy (non-hydrogen) atoms. The van der Waals surface area contributed by atoms with Gasteiger partial charge in [-0.2, -0.15) is 0 Å². The van der Waals surface area contributed by atoms with Crippen molar-refractivity contribution in [3.63, 3.8) is 0 Å². The minimum absolute atomic E-state index is 0.505. The maximum Gasteiger partial charge on any atom is 0.215 e. The lowest BCUT2D eigenvalue weighted by molar-refractivity contribution is 0.376. The molecule has 1 aliphatic heterocycles. The van der Waals surface area contributed by atoms with Gasteiger partial charge < -0.3 is 14.6 Å².